The number of carboxylic acids is 1. The molecule has 2 rings (SSSR count). The summed E-state index contributed by atoms with van der Waals surface area (Å²) in [5.74, 6) is -0.785. The van der Waals surface area contributed by atoms with Crippen LogP contribution in [0.1, 0.15) is 31.4 Å². The zero-order valence-corrected chi connectivity index (χ0v) is 12.3. The van der Waals surface area contributed by atoms with E-state index in [-0.39, 0.29) is 0 Å². The number of hydrogen-bond donors (Lipinski definition) is 1. The van der Waals surface area contributed by atoms with E-state index in [9.17, 15) is 9.90 Å². The largest absolute Gasteiger partial charge is 0.481 e. The van der Waals surface area contributed by atoms with E-state index in [0.717, 1.165) is 10.0 Å². The molecule has 1 aromatic carbocycles. The Morgan fingerprint density at radius 1 is 1.61 bits per heavy atom. The van der Waals surface area contributed by atoms with Crippen molar-refractivity contribution in [3.63, 3.8) is 0 Å². The third kappa shape index (κ3) is 2.42. The Balaban J connectivity index is 2.36. The molecule has 1 aromatic rings. The first kappa shape index (κ1) is 13.8. The van der Waals surface area contributed by atoms with Crippen LogP contribution in [0.2, 0.25) is 5.02 Å². The number of ether oxygens (including phenoxy) is 1. The highest BCUT2D eigenvalue weighted by Crippen LogP contribution is 2.57. The van der Waals surface area contributed by atoms with Gasteiger partial charge in [-0.25, -0.2) is 0 Å². The maximum atomic E-state index is 11.4. The van der Waals surface area contributed by atoms with Crippen LogP contribution in [0.5, 0.6) is 0 Å². The molecular formula is C13H14BrClO3. The van der Waals surface area contributed by atoms with Crippen molar-refractivity contribution < 1.29 is 14.6 Å². The minimum Gasteiger partial charge on any atom is -0.481 e. The fourth-order valence-electron chi connectivity index (χ4n) is 2.14. The van der Waals surface area contributed by atoms with Gasteiger partial charge in [0.1, 0.15) is 0 Å². The minimum absolute atomic E-state index is 0.409. The number of carbonyl (C=O) groups is 1. The highest BCUT2D eigenvalue weighted by molar-refractivity contribution is 9.10. The second kappa shape index (κ2) is 5.19. The van der Waals surface area contributed by atoms with E-state index in [4.69, 9.17) is 16.3 Å². The van der Waals surface area contributed by atoms with Crippen LogP contribution < -0.4 is 0 Å². The van der Waals surface area contributed by atoms with Crippen LogP contribution in [-0.4, -0.2) is 17.7 Å². The van der Waals surface area contributed by atoms with Gasteiger partial charge in [-0.1, -0.05) is 17.7 Å². The first-order valence-electron chi connectivity index (χ1n) is 5.81. The molecule has 0 heterocycles. The van der Waals surface area contributed by atoms with Crippen molar-refractivity contribution in [3.05, 3.63) is 33.3 Å². The van der Waals surface area contributed by atoms with Gasteiger partial charge in [-0.05, 0) is 53.4 Å². The molecule has 98 valence electrons. The molecule has 3 nitrogen and oxygen atoms in total. The Morgan fingerprint density at radius 2 is 2.28 bits per heavy atom. The van der Waals surface area contributed by atoms with Crippen LogP contribution in [0.4, 0.5) is 0 Å². The fourth-order valence-corrected chi connectivity index (χ4v) is 2.65. The van der Waals surface area contributed by atoms with Crippen molar-refractivity contribution in [2.24, 2.45) is 5.41 Å². The molecule has 1 unspecified atom stereocenters. The summed E-state index contributed by atoms with van der Waals surface area (Å²) < 4.78 is 6.42. The Hall–Kier alpha value is -0.580. The Kier molecular flexibility index (Phi) is 3.99. The lowest BCUT2D eigenvalue weighted by molar-refractivity contribution is -0.150. The van der Waals surface area contributed by atoms with Gasteiger partial charge in [0, 0.05) is 11.1 Å². The number of rotatable bonds is 5. The van der Waals surface area contributed by atoms with Gasteiger partial charge in [-0.15, -0.1) is 0 Å². The number of benzene rings is 1. The maximum absolute atomic E-state index is 11.4. The molecule has 1 aliphatic carbocycles. The van der Waals surface area contributed by atoms with Crippen molar-refractivity contribution in [3.8, 4) is 0 Å². The molecule has 5 heteroatoms. The molecule has 1 fully saturated rings. The van der Waals surface area contributed by atoms with Crippen LogP contribution in [0.3, 0.4) is 0 Å². The number of hydrogen-bond acceptors (Lipinski definition) is 2. The number of carboxylic acid groups (broad SMARTS) is 1. The quantitative estimate of drug-likeness (QED) is 0.884. The zero-order chi connectivity index (χ0) is 13.3. The van der Waals surface area contributed by atoms with Crippen LogP contribution in [0, 0.1) is 5.41 Å². The Labute approximate surface area is 119 Å². The molecule has 1 aliphatic rings. The number of aliphatic carboxylic acids is 1. The lowest BCUT2D eigenvalue weighted by Crippen LogP contribution is -2.26. The molecule has 1 saturated carbocycles. The van der Waals surface area contributed by atoms with Gasteiger partial charge in [0.2, 0.25) is 0 Å². The molecule has 18 heavy (non-hydrogen) atoms. The van der Waals surface area contributed by atoms with Crippen LogP contribution in [0.15, 0.2) is 22.7 Å². The molecular weight excluding hydrogens is 319 g/mol. The highest BCUT2D eigenvalue weighted by atomic mass is 79.9. The van der Waals surface area contributed by atoms with E-state index in [1.54, 1.807) is 6.07 Å². The zero-order valence-electron chi connectivity index (χ0n) is 9.95. The number of halogens is 2. The van der Waals surface area contributed by atoms with Gasteiger partial charge in [0.05, 0.1) is 16.5 Å². The average molecular weight is 334 g/mol. The Morgan fingerprint density at radius 3 is 2.72 bits per heavy atom. The molecule has 0 aromatic heterocycles. The van der Waals surface area contributed by atoms with E-state index in [1.807, 2.05) is 19.1 Å². The lowest BCUT2D eigenvalue weighted by atomic mass is 9.92. The van der Waals surface area contributed by atoms with Crippen molar-refractivity contribution in [2.75, 3.05) is 6.61 Å². The predicted molar refractivity (Wildman–Crippen MR) is 72.8 cm³/mol. The van der Waals surface area contributed by atoms with Gasteiger partial charge in [0.25, 0.3) is 0 Å². The summed E-state index contributed by atoms with van der Waals surface area (Å²) in [5, 5.41) is 9.97. The molecule has 1 N–H and O–H groups in total. The second-order valence-electron chi connectivity index (χ2n) is 4.47. The normalized spacial score (nSPS) is 18.4. The molecule has 0 bridgehead atoms. The third-order valence-electron chi connectivity index (χ3n) is 3.30. The molecule has 0 amide bonds. The maximum Gasteiger partial charge on any atom is 0.312 e. The van der Waals surface area contributed by atoms with Gasteiger partial charge in [-0.2, -0.15) is 0 Å². The SMILES string of the molecule is CCOC(c1ccc(Cl)c(Br)c1)C1(C(=O)O)CC1. The molecule has 0 aliphatic heterocycles. The smallest absolute Gasteiger partial charge is 0.312 e. The van der Waals surface area contributed by atoms with Crippen molar-refractivity contribution in [1.29, 1.82) is 0 Å². The van der Waals surface area contributed by atoms with Crippen LogP contribution in [-0.2, 0) is 9.53 Å². The van der Waals surface area contributed by atoms with Gasteiger partial charge >= 0.3 is 5.97 Å². The summed E-state index contributed by atoms with van der Waals surface area (Å²) in [5.41, 5.74) is 0.0940. The average Bonchev–Trinajstić information content (AvgIpc) is 3.11. The predicted octanol–water partition coefficient (Wildman–Crippen LogP) is 4.04. The van der Waals surface area contributed by atoms with E-state index in [0.29, 0.717) is 24.5 Å². The highest BCUT2D eigenvalue weighted by Gasteiger charge is 2.57. The van der Waals surface area contributed by atoms with E-state index in [1.165, 1.54) is 0 Å². The van der Waals surface area contributed by atoms with Gasteiger partial charge < -0.3 is 9.84 Å². The van der Waals surface area contributed by atoms with E-state index >= 15 is 0 Å². The monoisotopic (exact) mass is 332 g/mol. The molecule has 0 radical (unpaired) electrons. The molecule has 0 spiro atoms. The minimum atomic E-state index is -0.785. The summed E-state index contributed by atoms with van der Waals surface area (Å²) in [7, 11) is 0. The first-order chi connectivity index (χ1) is 8.51. The van der Waals surface area contributed by atoms with Gasteiger partial charge in [0.15, 0.2) is 0 Å². The lowest BCUT2D eigenvalue weighted by Gasteiger charge is -2.24. The van der Waals surface area contributed by atoms with Crippen molar-refractivity contribution in [2.45, 2.75) is 25.9 Å². The topological polar surface area (TPSA) is 46.5 Å². The van der Waals surface area contributed by atoms with E-state index in [2.05, 4.69) is 15.9 Å². The van der Waals surface area contributed by atoms with Crippen LogP contribution in [0.25, 0.3) is 0 Å². The van der Waals surface area contributed by atoms with Gasteiger partial charge in [-0.3, -0.25) is 4.79 Å². The molecule has 1 atom stereocenters. The molecule has 0 saturated heterocycles. The van der Waals surface area contributed by atoms with Crippen molar-refractivity contribution in [1.82, 2.24) is 0 Å². The summed E-state index contributed by atoms with van der Waals surface area (Å²) in [6, 6.07) is 5.42. The summed E-state index contributed by atoms with van der Waals surface area (Å²) in [6.07, 6.45) is 0.911. The first-order valence-corrected chi connectivity index (χ1v) is 6.98. The summed E-state index contributed by atoms with van der Waals surface area (Å²) in [6.45, 7) is 2.36. The van der Waals surface area contributed by atoms with Crippen LogP contribution >= 0.6 is 27.5 Å². The summed E-state index contributed by atoms with van der Waals surface area (Å²) >= 11 is 9.31. The van der Waals surface area contributed by atoms with Crippen molar-refractivity contribution >= 4 is 33.5 Å². The fraction of sp³-hybridized carbons (Fsp3) is 0.462. The standard InChI is InChI=1S/C13H14BrClO3/c1-2-18-11(13(5-6-13)12(16)17)8-3-4-10(15)9(14)7-8/h3-4,7,11H,2,5-6H2,1H3,(H,16,17). The van der Waals surface area contributed by atoms with E-state index < -0.39 is 17.5 Å². The third-order valence-corrected chi connectivity index (χ3v) is 4.51. The second-order valence-corrected chi connectivity index (χ2v) is 5.73. The summed E-state index contributed by atoms with van der Waals surface area (Å²) in [4.78, 5) is 11.4. The Bertz CT molecular complexity index is 471.